The average molecular weight is 165 g/mol. The molecule has 0 aliphatic rings. The van der Waals surface area contributed by atoms with Crippen molar-refractivity contribution < 1.29 is 0 Å². The first-order chi connectivity index (χ1) is 5.29. The van der Waals surface area contributed by atoms with Gasteiger partial charge in [-0.1, -0.05) is 0 Å². The van der Waals surface area contributed by atoms with E-state index in [1.54, 1.807) is 6.20 Å². The summed E-state index contributed by atoms with van der Waals surface area (Å²) in [5.41, 5.74) is 2.08. The van der Waals surface area contributed by atoms with Gasteiger partial charge in [-0.2, -0.15) is 5.10 Å². The van der Waals surface area contributed by atoms with Gasteiger partial charge in [0.05, 0.1) is 6.20 Å². The zero-order valence-electron chi connectivity index (χ0n) is 6.15. The molecule has 56 valence electrons. The smallest absolute Gasteiger partial charge is 0.165 e. The summed E-state index contributed by atoms with van der Waals surface area (Å²) in [6.45, 7) is 2.03. The van der Waals surface area contributed by atoms with Gasteiger partial charge in [0.15, 0.2) is 5.65 Å². The minimum Gasteiger partial charge on any atom is -0.316 e. The third-order valence-corrected chi connectivity index (χ3v) is 2.13. The summed E-state index contributed by atoms with van der Waals surface area (Å²) in [5, 5.41) is 9.02. The van der Waals surface area contributed by atoms with Crippen LogP contribution in [0.3, 0.4) is 0 Å². The first kappa shape index (κ1) is 6.74. The second kappa shape index (κ2) is 2.28. The molecule has 0 fully saturated rings. The van der Waals surface area contributed by atoms with E-state index in [0.717, 1.165) is 16.6 Å². The van der Waals surface area contributed by atoms with Crippen LogP contribution >= 0.6 is 9.39 Å². The van der Waals surface area contributed by atoms with Gasteiger partial charge in [-0.05, 0) is 27.9 Å². The summed E-state index contributed by atoms with van der Waals surface area (Å²) >= 11 is 0. The predicted octanol–water partition coefficient (Wildman–Crippen LogP) is 1.38. The largest absolute Gasteiger partial charge is 0.316 e. The fraction of sp³-hybridized carbons (Fsp3) is 0.143. The average Bonchev–Trinajstić information content (AvgIpc) is 2.35. The SMILES string of the molecule is Cc1cnnc2c1ccn2P. The van der Waals surface area contributed by atoms with Gasteiger partial charge in [0.25, 0.3) is 0 Å². The van der Waals surface area contributed by atoms with Gasteiger partial charge in [-0.25, -0.2) is 0 Å². The monoisotopic (exact) mass is 165 g/mol. The van der Waals surface area contributed by atoms with Crippen molar-refractivity contribution in [2.24, 2.45) is 0 Å². The summed E-state index contributed by atoms with van der Waals surface area (Å²) < 4.78 is 1.88. The zero-order valence-corrected chi connectivity index (χ0v) is 7.31. The third kappa shape index (κ3) is 0.925. The number of hydrogen-bond acceptors (Lipinski definition) is 2. The lowest BCUT2D eigenvalue weighted by Crippen LogP contribution is -1.86. The molecule has 0 N–H and O–H groups in total. The number of hydrogen-bond donors (Lipinski definition) is 0. The van der Waals surface area contributed by atoms with E-state index in [4.69, 9.17) is 0 Å². The fourth-order valence-electron chi connectivity index (χ4n) is 1.09. The Morgan fingerprint density at radius 1 is 1.55 bits per heavy atom. The van der Waals surface area contributed by atoms with Crippen molar-refractivity contribution in [3.05, 3.63) is 24.0 Å². The van der Waals surface area contributed by atoms with Crippen LogP contribution in [0.25, 0.3) is 11.0 Å². The van der Waals surface area contributed by atoms with Crippen LogP contribution in [0.15, 0.2) is 18.5 Å². The molecule has 2 heterocycles. The minimum absolute atomic E-state index is 0.912. The molecule has 3 nitrogen and oxygen atoms in total. The van der Waals surface area contributed by atoms with Crippen LogP contribution in [0.5, 0.6) is 0 Å². The summed E-state index contributed by atoms with van der Waals surface area (Å²) in [4.78, 5) is 0. The molecule has 0 saturated carbocycles. The van der Waals surface area contributed by atoms with E-state index in [-0.39, 0.29) is 0 Å². The van der Waals surface area contributed by atoms with E-state index in [1.807, 2.05) is 23.5 Å². The minimum atomic E-state index is 0.912. The summed E-state index contributed by atoms with van der Waals surface area (Å²) in [7, 11) is 2.57. The van der Waals surface area contributed by atoms with E-state index in [2.05, 4.69) is 19.6 Å². The molecule has 0 saturated heterocycles. The Balaban J connectivity index is 2.94. The Hall–Kier alpha value is -0.950. The summed E-state index contributed by atoms with van der Waals surface area (Å²) in [6.07, 6.45) is 3.73. The summed E-state index contributed by atoms with van der Waals surface area (Å²) in [5.74, 6) is 0. The molecule has 0 aliphatic heterocycles. The Morgan fingerprint density at radius 2 is 2.36 bits per heavy atom. The van der Waals surface area contributed by atoms with Gasteiger partial charge < -0.3 is 4.34 Å². The maximum Gasteiger partial charge on any atom is 0.165 e. The molecule has 0 amide bonds. The molecule has 0 aromatic carbocycles. The first-order valence-electron chi connectivity index (χ1n) is 3.33. The molecular formula is C7H8N3P. The van der Waals surface area contributed by atoms with Crippen molar-refractivity contribution in [2.75, 3.05) is 0 Å². The number of nitrogens with zero attached hydrogens (tertiary/aromatic N) is 3. The van der Waals surface area contributed by atoms with Crippen molar-refractivity contribution in [2.45, 2.75) is 6.92 Å². The van der Waals surface area contributed by atoms with Gasteiger partial charge in [-0.15, -0.1) is 5.10 Å². The molecule has 11 heavy (non-hydrogen) atoms. The number of rotatable bonds is 0. The molecule has 2 aromatic rings. The van der Waals surface area contributed by atoms with Gasteiger partial charge >= 0.3 is 0 Å². The molecule has 1 unspecified atom stereocenters. The summed E-state index contributed by atoms with van der Waals surface area (Å²) in [6, 6.07) is 2.03. The highest BCUT2D eigenvalue weighted by molar-refractivity contribution is 7.14. The Morgan fingerprint density at radius 3 is 3.09 bits per heavy atom. The lowest BCUT2D eigenvalue weighted by molar-refractivity contribution is 1.04. The quantitative estimate of drug-likeness (QED) is 0.552. The van der Waals surface area contributed by atoms with Gasteiger partial charge in [0.2, 0.25) is 0 Å². The van der Waals surface area contributed by atoms with Gasteiger partial charge in [0.1, 0.15) is 0 Å². The standard InChI is InChI=1S/C7H8N3P/c1-5-4-8-9-7-6(5)2-3-10(7)11/h2-4H,11H2,1H3. The van der Waals surface area contributed by atoms with E-state index in [0.29, 0.717) is 0 Å². The fourth-order valence-corrected chi connectivity index (χ4v) is 1.37. The number of aryl methyl sites for hydroxylation is 1. The van der Waals surface area contributed by atoms with E-state index < -0.39 is 0 Å². The first-order valence-corrected chi connectivity index (χ1v) is 3.85. The maximum atomic E-state index is 3.99. The van der Waals surface area contributed by atoms with Crippen LogP contribution in [0.1, 0.15) is 5.56 Å². The predicted molar refractivity (Wildman–Crippen MR) is 47.4 cm³/mol. The third-order valence-electron chi connectivity index (χ3n) is 1.72. The van der Waals surface area contributed by atoms with E-state index in [1.165, 1.54) is 0 Å². The molecule has 2 aromatic heterocycles. The van der Waals surface area contributed by atoms with Gasteiger partial charge in [0, 0.05) is 11.6 Å². The van der Waals surface area contributed by atoms with Crippen molar-refractivity contribution >= 4 is 20.4 Å². The van der Waals surface area contributed by atoms with Crippen molar-refractivity contribution in [1.82, 2.24) is 14.5 Å². The molecule has 0 aliphatic carbocycles. The molecular weight excluding hydrogens is 157 g/mol. The Bertz CT molecular complexity index is 393. The molecule has 2 rings (SSSR count). The van der Waals surface area contributed by atoms with Crippen LogP contribution in [0.2, 0.25) is 0 Å². The number of fused-ring (bicyclic) bond motifs is 1. The molecule has 0 bridgehead atoms. The highest BCUT2D eigenvalue weighted by atomic mass is 31.0. The van der Waals surface area contributed by atoms with Gasteiger partial charge in [-0.3, -0.25) is 0 Å². The zero-order chi connectivity index (χ0) is 7.84. The lowest BCUT2D eigenvalue weighted by Gasteiger charge is -1.94. The van der Waals surface area contributed by atoms with E-state index in [9.17, 15) is 0 Å². The van der Waals surface area contributed by atoms with Crippen LogP contribution in [0, 0.1) is 6.92 Å². The topological polar surface area (TPSA) is 30.7 Å². The van der Waals surface area contributed by atoms with Crippen molar-refractivity contribution in [1.29, 1.82) is 0 Å². The highest BCUT2D eigenvalue weighted by Gasteiger charge is 2.00. The molecule has 0 spiro atoms. The Kier molecular flexibility index (Phi) is 1.40. The second-order valence-corrected chi connectivity index (χ2v) is 3.04. The van der Waals surface area contributed by atoms with Crippen molar-refractivity contribution in [3.8, 4) is 0 Å². The van der Waals surface area contributed by atoms with Crippen LogP contribution < -0.4 is 0 Å². The Labute approximate surface area is 66.7 Å². The highest BCUT2D eigenvalue weighted by Crippen LogP contribution is 2.17. The molecule has 4 heteroatoms. The lowest BCUT2D eigenvalue weighted by atomic mass is 10.2. The molecule has 1 atom stereocenters. The second-order valence-electron chi connectivity index (χ2n) is 2.49. The van der Waals surface area contributed by atoms with E-state index >= 15 is 0 Å². The van der Waals surface area contributed by atoms with Crippen molar-refractivity contribution in [3.63, 3.8) is 0 Å². The van der Waals surface area contributed by atoms with Crippen LogP contribution in [-0.2, 0) is 0 Å². The maximum absolute atomic E-state index is 3.99. The molecule has 0 radical (unpaired) electrons. The number of aromatic nitrogens is 3. The van der Waals surface area contributed by atoms with Crippen LogP contribution in [-0.4, -0.2) is 14.5 Å². The van der Waals surface area contributed by atoms with Crippen LogP contribution in [0.4, 0.5) is 0 Å². The normalized spacial score (nSPS) is 10.7.